The zero-order valence-electron chi connectivity index (χ0n) is 12.8. The summed E-state index contributed by atoms with van der Waals surface area (Å²) in [6.07, 6.45) is 5.17. The average Bonchev–Trinajstić information content (AvgIpc) is 2.89. The van der Waals surface area contributed by atoms with Gasteiger partial charge in [-0.05, 0) is 31.7 Å². The van der Waals surface area contributed by atoms with Crippen molar-refractivity contribution < 1.29 is 0 Å². The second-order valence-electron chi connectivity index (χ2n) is 5.41. The van der Waals surface area contributed by atoms with Gasteiger partial charge < -0.3 is 0 Å². The van der Waals surface area contributed by atoms with Crippen molar-refractivity contribution in [1.29, 1.82) is 5.26 Å². The van der Waals surface area contributed by atoms with Gasteiger partial charge in [-0.2, -0.15) is 5.26 Å². The quantitative estimate of drug-likeness (QED) is 0.731. The highest BCUT2D eigenvalue weighted by Crippen LogP contribution is 2.12. The molecule has 2 aromatic rings. The fourth-order valence-corrected chi connectivity index (χ4v) is 2.38. The third-order valence-electron chi connectivity index (χ3n) is 3.69. The highest BCUT2D eigenvalue weighted by Gasteiger charge is 2.12. The van der Waals surface area contributed by atoms with Crippen LogP contribution in [0.1, 0.15) is 48.7 Å². The normalized spacial score (nSPS) is 10.5. The Morgan fingerprint density at radius 2 is 1.90 bits per heavy atom. The molecular formula is C17H22N4. The van der Waals surface area contributed by atoms with E-state index in [4.69, 9.17) is 0 Å². The summed E-state index contributed by atoms with van der Waals surface area (Å²) < 4.78 is 1.91. The Kier molecular flexibility index (Phi) is 5.51. The van der Waals surface area contributed by atoms with Gasteiger partial charge in [-0.15, -0.1) is 5.10 Å². The van der Waals surface area contributed by atoms with Crippen LogP contribution in [0, 0.1) is 18.3 Å². The summed E-state index contributed by atoms with van der Waals surface area (Å²) in [4.78, 5) is 0. The van der Waals surface area contributed by atoms with Gasteiger partial charge in [0.2, 0.25) is 0 Å². The number of hydrogen-bond acceptors (Lipinski definition) is 3. The number of unbranched alkanes of at least 4 members (excludes halogenated alkanes) is 2. The largest absolute Gasteiger partial charge is 0.248 e. The SMILES string of the molecule is CCCCCn1nnc(C#N)c1CCc1ccc(C)cc1. The summed E-state index contributed by atoms with van der Waals surface area (Å²) in [6, 6.07) is 10.7. The number of aryl methyl sites for hydroxylation is 3. The highest BCUT2D eigenvalue weighted by atomic mass is 15.4. The summed E-state index contributed by atoms with van der Waals surface area (Å²) in [5, 5.41) is 17.3. The number of nitrogens with zero attached hydrogens (tertiary/aromatic N) is 4. The molecule has 0 bridgehead atoms. The van der Waals surface area contributed by atoms with Crippen LogP contribution in [0.15, 0.2) is 24.3 Å². The smallest absolute Gasteiger partial charge is 0.185 e. The van der Waals surface area contributed by atoms with Gasteiger partial charge in [0.15, 0.2) is 5.69 Å². The lowest BCUT2D eigenvalue weighted by Crippen LogP contribution is -2.07. The lowest BCUT2D eigenvalue weighted by Gasteiger charge is -2.06. The molecule has 0 N–H and O–H groups in total. The molecule has 0 fully saturated rings. The number of rotatable bonds is 7. The summed E-state index contributed by atoms with van der Waals surface area (Å²) in [6.45, 7) is 5.12. The maximum Gasteiger partial charge on any atom is 0.185 e. The van der Waals surface area contributed by atoms with Gasteiger partial charge in [0.1, 0.15) is 6.07 Å². The Morgan fingerprint density at radius 1 is 1.14 bits per heavy atom. The molecule has 0 aliphatic heterocycles. The van der Waals surface area contributed by atoms with E-state index in [2.05, 4.69) is 54.5 Å². The number of nitriles is 1. The van der Waals surface area contributed by atoms with E-state index >= 15 is 0 Å². The molecule has 110 valence electrons. The first-order valence-corrected chi connectivity index (χ1v) is 7.62. The monoisotopic (exact) mass is 282 g/mol. The third kappa shape index (κ3) is 4.16. The molecule has 0 spiro atoms. The summed E-state index contributed by atoms with van der Waals surface area (Å²) in [5.41, 5.74) is 3.99. The zero-order chi connectivity index (χ0) is 15.1. The van der Waals surface area contributed by atoms with Gasteiger partial charge in [-0.3, -0.25) is 0 Å². The van der Waals surface area contributed by atoms with E-state index in [0.29, 0.717) is 5.69 Å². The van der Waals surface area contributed by atoms with E-state index in [1.165, 1.54) is 24.0 Å². The van der Waals surface area contributed by atoms with E-state index in [9.17, 15) is 5.26 Å². The Hall–Kier alpha value is -2.15. The van der Waals surface area contributed by atoms with Crippen LogP contribution in [0.4, 0.5) is 0 Å². The third-order valence-corrected chi connectivity index (χ3v) is 3.69. The number of hydrogen-bond donors (Lipinski definition) is 0. The van der Waals surface area contributed by atoms with Crippen molar-refractivity contribution in [2.24, 2.45) is 0 Å². The van der Waals surface area contributed by atoms with Crippen molar-refractivity contribution in [2.75, 3.05) is 0 Å². The molecule has 1 aromatic heterocycles. The van der Waals surface area contributed by atoms with E-state index in [1.807, 2.05) is 4.68 Å². The van der Waals surface area contributed by atoms with E-state index < -0.39 is 0 Å². The van der Waals surface area contributed by atoms with Gasteiger partial charge >= 0.3 is 0 Å². The molecule has 0 unspecified atom stereocenters. The maximum absolute atomic E-state index is 9.17. The molecule has 0 saturated carbocycles. The van der Waals surface area contributed by atoms with Crippen molar-refractivity contribution in [1.82, 2.24) is 15.0 Å². The Balaban J connectivity index is 2.05. The molecule has 0 radical (unpaired) electrons. The minimum absolute atomic E-state index is 0.471. The molecule has 4 heteroatoms. The molecular weight excluding hydrogens is 260 g/mol. The van der Waals surface area contributed by atoms with Crippen molar-refractivity contribution >= 4 is 0 Å². The molecule has 2 rings (SSSR count). The van der Waals surface area contributed by atoms with Crippen molar-refractivity contribution in [2.45, 2.75) is 52.5 Å². The fourth-order valence-electron chi connectivity index (χ4n) is 2.38. The van der Waals surface area contributed by atoms with Crippen molar-refractivity contribution in [3.05, 3.63) is 46.8 Å². The second-order valence-corrected chi connectivity index (χ2v) is 5.41. The molecule has 0 atom stereocenters. The van der Waals surface area contributed by atoms with Crippen molar-refractivity contribution in [3.8, 4) is 6.07 Å². The van der Waals surface area contributed by atoms with Gasteiger partial charge in [0.25, 0.3) is 0 Å². The van der Waals surface area contributed by atoms with Crippen LogP contribution >= 0.6 is 0 Å². The Morgan fingerprint density at radius 3 is 2.57 bits per heavy atom. The summed E-state index contributed by atoms with van der Waals surface area (Å²) >= 11 is 0. The first-order chi connectivity index (χ1) is 10.2. The first-order valence-electron chi connectivity index (χ1n) is 7.62. The van der Waals surface area contributed by atoms with Crippen LogP contribution in [0.3, 0.4) is 0 Å². The Labute approximate surface area is 126 Å². The fraction of sp³-hybridized carbons (Fsp3) is 0.471. The molecule has 21 heavy (non-hydrogen) atoms. The summed E-state index contributed by atoms with van der Waals surface area (Å²) in [7, 11) is 0. The Bertz CT molecular complexity index is 605. The van der Waals surface area contributed by atoms with Crippen LogP contribution in [0.5, 0.6) is 0 Å². The zero-order valence-corrected chi connectivity index (χ0v) is 12.8. The van der Waals surface area contributed by atoms with E-state index in [1.54, 1.807) is 0 Å². The molecule has 0 saturated heterocycles. The van der Waals surface area contributed by atoms with Crippen LogP contribution < -0.4 is 0 Å². The molecule has 4 nitrogen and oxygen atoms in total. The van der Waals surface area contributed by atoms with Crippen LogP contribution in [0.2, 0.25) is 0 Å². The topological polar surface area (TPSA) is 54.5 Å². The molecule has 0 aliphatic rings. The van der Waals surface area contributed by atoms with E-state index in [0.717, 1.165) is 31.5 Å². The first kappa shape index (κ1) is 15.2. The van der Waals surface area contributed by atoms with Gasteiger partial charge in [-0.1, -0.05) is 54.8 Å². The van der Waals surface area contributed by atoms with Crippen LogP contribution in [-0.2, 0) is 19.4 Å². The minimum Gasteiger partial charge on any atom is -0.248 e. The summed E-state index contributed by atoms with van der Waals surface area (Å²) in [5.74, 6) is 0. The minimum atomic E-state index is 0.471. The second kappa shape index (κ2) is 7.58. The van der Waals surface area contributed by atoms with Gasteiger partial charge in [-0.25, -0.2) is 4.68 Å². The predicted octanol–water partition coefficient (Wildman–Crippen LogP) is 3.43. The van der Waals surface area contributed by atoms with Crippen LogP contribution in [-0.4, -0.2) is 15.0 Å². The molecule has 0 amide bonds. The predicted molar refractivity (Wildman–Crippen MR) is 82.8 cm³/mol. The van der Waals surface area contributed by atoms with Crippen LogP contribution in [0.25, 0.3) is 0 Å². The lowest BCUT2D eigenvalue weighted by atomic mass is 10.1. The maximum atomic E-state index is 9.17. The molecule has 1 heterocycles. The lowest BCUT2D eigenvalue weighted by molar-refractivity contribution is 0.519. The van der Waals surface area contributed by atoms with E-state index in [-0.39, 0.29) is 0 Å². The highest BCUT2D eigenvalue weighted by molar-refractivity contribution is 5.27. The standard InChI is InChI=1S/C17H22N4/c1-3-4-5-12-21-17(16(13-18)19-20-21)11-10-15-8-6-14(2)7-9-15/h6-9H,3-5,10-12H2,1-2H3. The number of benzene rings is 1. The molecule has 1 aromatic carbocycles. The average molecular weight is 282 g/mol. The molecule has 0 aliphatic carbocycles. The van der Waals surface area contributed by atoms with Gasteiger partial charge in [0.05, 0.1) is 5.69 Å². The van der Waals surface area contributed by atoms with Gasteiger partial charge in [0, 0.05) is 6.54 Å². The number of aromatic nitrogens is 3. The van der Waals surface area contributed by atoms with Crippen molar-refractivity contribution in [3.63, 3.8) is 0 Å².